The van der Waals surface area contributed by atoms with Gasteiger partial charge in [-0.1, -0.05) is 44.2 Å². The number of benzene rings is 1. The van der Waals surface area contributed by atoms with E-state index in [0.717, 1.165) is 11.3 Å². The molecule has 3 rings (SSSR count). The molecule has 1 atom stereocenters. The Hall–Kier alpha value is -2.53. The molecule has 1 N–H and O–H groups in total. The van der Waals surface area contributed by atoms with Crippen LogP contribution in [0.4, 0.5) is 4.39 Å². The van der Waals surface area contributed by atoms with Crippen molar-refractivity contribution in [2.45, 2.75) is 39.9 Å². The zero-order valence-electron chi connectivity index (χ0n) is 15.5. The molecule has 0 aliphatic heterocycles. The van der Waals surface area contributed by atoms with Gasteiger partial charge in [0.15, 0.2) is 0 Å². The summed E-state index contributed by atoms with van der Waals surface area (Å²) in [4.78, 5) is 4.50. The molecule has 0 radical (unpaired) electrons. The van der Waals surface area contributed by atoms with E-state index < -0.39 is 0 Å². The van der Waals surface area contributed by atoms with Crippen LogP contribution in [0.3, 0.4) is 0 Å². The van der Waals surface area contributed by atoms with Gasteiger partial charge in [0, 0.05) is 24.3 Å². The van der Waals surface area contributed by atoms with Crippen molar-refractivity contribution in [3.8, 4) is 11.3 Å². The molecule has 136 valence electrons. The minimum atomic E-state index is -0.283. The third kappa shape index (κ3) is 4.55. The lowest BCUT2D eigenvalue weighted by atomic mass is 10.1. The van der Waals surface area contributed by atoms with Crippen molar-refractivity contribution in [2.75, 3.05) is 0 Å². The Bertz CT molecular complexity index is 842. The molecule has 2 aromatic heterocycles. The topological polar surface area (TPSA) is 42.7 Å². The summed E-state index contributed by atoms with van der Waals surface area (Å²) in [6.45, 7) is 7.48. The van der Waals surface area contributed by atoms with Gasteiger partial charge in [-0.15, -0.1) is 0 Å². The lowest BCUT2D eigenvalue weighted by molar-refractivity contribution is 0.418. The number of pyridine rings is 1. The fourth-order valence-corrected chi connectivity index (χ4v) is 2.62. The van der Waals surface area contributed by atoms with E-state index in [9.17, 15) is 4.39 Å². The smallest absolute Gasteiger partial charge is 0.146 e. The highest BCUT2D eigenvalue weighted by molar-refractivity contribution is 5.57. The van der Waals surface area contributed by atoms with Crippen molar-refractivity contribution in [2.24, 2.45) is 5.92 Å². The lowest BCUT2D eigenvalue weighted by Crippen LogP contribution is -2.30. The van der Waals surface area contributed by atoms with Crippen LogP contribution in [0.5, 0.6) is 0 Å². The predicted molar refractivity (Wildman–Crippen MR) is 102 cm³/mol. The van der Waals surface area contributed by atoms with Crippen LogP contribution in [0.2, 0.25) is 0 Å². The van der Waals surface area contributed by atoms with Gasteiger partial charge in [-0.3, -0.25) is 4.68 Å². The highest BCUT2D eigenvalue weighted by Crippen LogP contribution is 2.19. The van der Waals surface area contributed by atoms with E-state index in [1.165, 1.54) is 11.6 Å². The quantitative estimate of drug-likeness (QED) is 0.691. The molecule has 26 heavy (non-hydrogen) atoms. The maximum Gasteiger partial charge on any atom is 0.146 e. The molecule has 1 aromatic carbocycles. The number of rotatable bonds is 7. The van der Waals surface area contributed by atoms with Crippen LogP contribution in [0.15, 0.2) is 54.9 Å². The van der Waals surface area contributed by atoms with Crippen molar-refractivity contribution in [3.05, 3.63) is 71.9 Å². The number of halogens is 1. The van der Waals surface area contributed by atoms with Gasteiger partial charge in [-0.2, -0.15) is 5.10 Å². The van der Waals surface area contributed by atoms with E-state index in [4.69, 9.17) is 0 Å². The highest BCUT2D eigenvalue weighted by atomic mass is 19.1. The molecule has 0 saturated carbocycles. The SMILES string of the molecule is CC(C)[C@@H](C)NCc1nc(-c2cnn(Cc3ccccc3)c2)ccc1F. The first kappa shape index (κ1) is 18.3. The van der Waals surface area contributed by atoms with Gasteiger partial charge in [-0.05, 0) is 30.5 Å². The molecule has 3 aromatic rings. The van der Waals surface area contributed by atoms with Gasteiger partial charge < -0.3 is 5.32 Å². The summed E-state index contributed by atoms with van der Waals surface area (Å²) in [6, 6.07) is 13.6. The number of nitrogens with zero attached hydrogens (tertiary/aromatic N) is 3. The molecule has 0 unspecified atom stereocenters. The van der Waals surface area contributed by atoms with Crippen LogP contribution in [-0.2, 0) is 13.1 Å². The summed E-state index contributed by atoms with van der Waals surface area (Å²) in [7, 11) is 0. The third-order valence-electron chi connectivity index (χ3n) is 4.63. The van der Waals surface area contributed by atoms with Crippen molar-refractivity contribution in [1.82, 2.24) is 20.1 Å². The molecule has 0 amide bonds. The Kier molecular flexibility index (Phi) is 5.78. The number of nitrogens with one attached hydrogen (secondary N) is 1. The second kappa shape index (κ2) is 8.23. The first-order valence-corrected chi connectivity index (χ1v) is 8.98. The second-order valence-corrected chi connectivity index (χ2v) is 6.95. The van der Waals surface area contributed by atoms with Gasteiger partial charge >= 0.3 is 0 Å². The van der Waals surface area contributed by atoms with E-state index >= 15 is 0 Å². The monoisotopic (exact) mass is 352 g/mol. The van der Waals surface area contributed by atoms with Crippen LogP contribution in [0.1, 0.15) is 32.0 Å². The van der Waals surface area contributed by atoms with Gasteiger partial charge in [0.25, 0.3) is 0 Å². The summed E-state index contributed by atoms with van der Waals surface area (Å²) in [5.41, 5.74) is 3.24. The highest BCUT2D eigenvalue weighted by Gasteiger charge is 2.12. The average Bonchev–Trinajstić information content (AvgIpc) is 3.10. The van der Waals surface area contributed by atoms with Crippen LogP contribution in [0, 0.1) is 11.7 Å². The Labute approximate surface area is 154 Å². The van der Waals surface area contributed by atoms with Crippen LogP contribution >= 0.6 is 0 Å². The van der Waals surface area contributed by atoms with Crippen LogP contribution < -0.4 is 5.32 Å². The average molecular weight is 352 g/mol. The molecule has 0 fully saturated rings. The van der Waals surface area contributed by atoms with Gasteiger partial charge in [0.1, 0.15) is 5.82 Å². The minimum Gasteiger partial charge on any atom is -0.308 e. The largest absolute Gasteiger partial charge is 0.308 e. The molecule has 0 bridgehead atoms. The molecular formula is C21H25FN4. The number of hydrogen-bond acceptors (Lipinski definition) is 3. The molecule has 0 aliphatic rings. The summed E-state index contributed by atoms with van der Waals surface area (Å²) in [5.74, 6) is 0.200. The maximum absolute atomic E-state index is 14.1. The molecule has 2 heterocycles. The fourth-order valence-electron chi connectivity index (χ4n) is 2.62. The van der Waals surface area contributed by atoms with Gasteiger partial charge in [0.05, 0.1) is 24.1 Å². The molecule has 0 spiro atoms. The number of hydrogen-bond donors (Lipinski definition) is 1. The van der Waals surface area contributed by atoms with E-state index in [2.05, 4.69) is 48.3 Å². The molecule has 0 saturated heterocycles. The lowest BCUT2D eigenvalue weighted by Gasteiger charge is -2.17. The summed E-state index contributed by atoms with van der Waals surface area (Å²) < 4.78 is 16.0. The normalized spacial score (nSPS) is 12.5. The maximum atomic E-state index is 14.1. The Morgan fingerprint density at radius 2 is 1.85 bits per heavy atom. The third-order valence-corrected chi connectivity index (χ3v) is 4.63. The summed E-state index contributed by atoms with van der Waals surface area (Å²) in [5, 5.41) is 7.74. The Morgan fingerprint density at radius 3 is 2.58 bits per heavy atom. The zero-order valence-corrected chi connectivity index (χ0v) is 15.5. The Balaban J connectivity index is 1.74. The number of aromatic nitrogens is 3. The van der Waals surface area contributed by atoms with E-state index in [-0.39, 0.29) is 5.82 Å². The molecule has 4 nitrogen and oxygen atoms in total. The van der Waals surface area contributed by atoms with E-state index in [1.54, 1.807) is 12.3 Å². The van der Waals surface area contributed by atoms with Gasteiger partial charge in [0.2, 0.25) is 0 Å². The van der Waals surface area contributed by atoms with E-state index in [0.29, 0.717) is 30.7 Å². The predicted octanol–water partition coefficient (Wildman–Crippen LogP) is 4.27. The zero-order chi connectivity index (χ0) is 18.5. The first-order valence-electron chi connectivity index (χ1n) is 8.98. The van der Waals surface area contributed by atoms with Crippen molar-refractivity contribution in [1.29, 1.82) is 0 Å². The molecular weight excluding hydrogens is 327 g/mol. The van der Waals surface area contributed by atoms with Gasteiger partial charge in [-0.25, -0.2) is 9.37 Å². The fraction of sp³-hybridized carbons (Fsp3) is 0.333. The summed E-state index contributed by atoms with van der Waals surface area (Å²) >= 11 is 0. The minimum absolute atomic E-state index is 0.283. The van der Waals surface area contributed by atoms with Crippen molar-refractivity contribution in [3.63, 3.8) is 0 Å². The molecule has 0 aliphatic carbocycles. The van der Waals surface area contributed by atoms with E-state index in [1.807, 2.05) is 29.1 Å². The molecule has 5 heteroatoms. The second-order valence-electron chi connectivity index (χ2n) is 6.95. The first-order chi connectivity index (χ1) is 12.5. The Morgan fingerprint density at radius 1 is 1.08 bits per heavy atom. The summed E-state index contributed by atoms with van der Waals surface area (Å²) in [6.07, 6.45) is 3.72. The van der Waals surface area contributed by atoms with Crippen molar-refractivity contribution < 1.29 is 4.39 Å². The standard InChI is InChI=1S/C21H25FN4/c1-15(2)16(3)23-12-21-19(22)9-10-20(25-21)18-11-24-26(14-18)13-17-7-5-4-6-8-17/h4-11,14-16,23H,12-13H2,1-3H3/t16-/m1/s1. The van der Waals surface area contributed by atoms with Crippen LogP contribution in [-0.4, -0.2) is 20.8 Å². The van der Waals surface area contributed by atoms with Crippen LogP contribution in [0.25, 0.3) is 11.3 Å². The van der Waals surface area contributed by atoms with Crippen molar-refractivity contribution >= 4 is 0 Å².